The Morgan fingerprint density at radius 2 is 2.18 bits per heavy atom. The maximum atomic E-state index is 5.96. The molecular formula is C11H11BrClN3O. The van der Waals surface area contributed by atoms with Gasteiger partial charge in [0, 0.05) is 28.0 Å². The minimum Gasteiger partial charge on any atom is -0.421 e. The zero-order chi connectivity index (χ0) is 12.3. The fraction of sp³-hybridized carbons (Fsp3) is 0.273. The van der Waals surface area contributed by atoms with Crippen molar-refractivity contribution in [3.05, 3.63) is 33.6 Å². The van der Waals surface area contributed by atoms with Crippen molar-refractivity contribution in [1.82, 2.24) is 15.5 Å². The summed E-state index contributed by atoms with van der Waals surface area (Å²) >= 11 is 9.34. The zero-order valence-corrected chi connectivity index (χ0v) is 11.5. The number of rotatable bonds is 4. The number of halogens is 2. The van der Waals surface area contributed by atoms with E-state index in [-0.39, 0.29) is 0 Å². The molecule has 0 saturated heterocycles. The monoisotopic (exact) mass is 315 g/mol. The molecule has 0 saturated carbocycles. The zero-order valence-electron chi connectivity index (χ0n) is 9.20. The average Bonchev–Trinajstić information content (AvgIpc) is 2.73. The summed E-state index contributed by atoms with van der Waals surface area (Å²) in [6.45, 7) is 0.806. The van der Waals surface area contributed by atoms with Crippen LogP contribution in [-0.4, -0.2) is 23.8 Å². The lowest BCUT2D eigenvalue weighted by atomic mass is 10.2. The summed E-state index contributed by atoms with van der Waals surface area (Å²) in [7, 11) is 1.88. The molecule has 0 unspecified atom stereocenters. The lowest BCUT2D eigenvalue weighted by Crippen LogP contribution is -2.10. The molecule has 1 heterocycles. The second kappa shape index (κ2) is 5.62. The van der Waals surface area contributed by atoms with Crippen molar-refractivity contribution in [1.29, 1.82) is 0 Å². The smallest absolute Gasteiger partial charge is 0.247 e. The molecule has 0 spiro atoms. The minimum atomic E-state index is 0.485. The Hall–Kier alpha value is -0.910. The molecule has 0 fully saturated rings. The second-order valence-electron chi connectivity index (χ2n) is 3.51. The highest BCUT2D eigenvalue weighted by Gasteiger charge is 2.09. The van der Waals surface area contributed by atoms with Crippen molar-refractivity contribution in [3.63, 3.8) is 0 Å². The van der Waals surface area contributed by atoms with Gasteiger partial charge in [0.1, 0.15) is 0 Å². The van der Waals surface area contributed by atoms with E-state index < -0.39 is 0 Å². The van der Waals surface area contributed by atoms with Crippen LogP contribution in [0, 0.1) is 0 Å². The maximum absolute atomic E-state index is 5.96. The Labute approximate surface area is 113 Å². The third-order valence-electron chi connectivity index (χ3n) is 2.17. The predicted octanol–water partition coefficient (Wildman–Crippen LogP) is 2.91. The molecule has 2 rings (SSSR count). The summed E-state index contributed by atoms with van der Waals surface area (Å²) in [6.07, 6.45) is 0.714. The molecule has 0 bridgehead atoms. The van der Waals surface area contributed by atoms with E-state index in [4.69, 9.17) is 16.0 Å². The molecule has 0 aliphatic heterocycles. The summed E-state index contributed by atoms with van der Waals surface area (Å²) in [5, 5.41) is 11.6. The first-order valence-corrected chi connectivity index (χ1v) is 6.29. The van der Waals surface area contributed by atoms with E-state index in [1.807, 2.05) is 19.2 Å². The molecule has 0 radical (unpaired) electrons. The highest BCUT2D eigenvalue weighted by atomic mass is 79.9. The van der Waals surface area contributed by atoms with Gasteiger partial charge < -0.3 is 9.73 Å². The van der Waals surface area contributed by atoms with Crippen LogP contribution in [0.2, 0.25) is 5.02 Å². The summed E-state index contributed by atoms with van der Waals surface area (Å²) < 4.78 is 6.42. The van der Waals surface area contributed by atoms with Gasteiger partial charge >= 0.3 is 0 Å². The molecule has 0 aliphatic rings. The topological polar surface area (TPSA) is 51.0 Å². The van der Waals surface area contributed by atoms with Crippen molar-refractivity contribution in [3.8, 4) is 11.5 Å². The van der Waals surface area contributed by atoms with Crippen LogP contribution >= 0.6 is 27.5 Å². The van der Waals surface area contributed by atoms with Gasteiger partial charge in [-0.25, -0.2) is 0 Å². The largest absolute Gasteiger partial charge is 0.421 e. The fourth-order valence-electron chi connectivity index (χ4n) is 1.38. The van der Waals surface area contributed by atoms with Gasteiger partial charge in [-0.15, -0.1) is 10.2 Å². The summed E-state index contributed by atoms with van der Waals surface area (Å²) in [4.78, 5) is 0. The molecule has 90 valence electrons. The highest BCUT2D eigenvalue weighted by Crippen LogP contribution is 2.26. The molecule has 1 N–H and O–H groups in total. The lowest BCUT2D eigenvalue weighted by molar-refractivity contribution is 0.500. The Morgan fingerprint density at radius 1 is 1.35 bits per heavy atom. The standard InChI is InChI=1S/C11H11BrClN3O/c1-14-3-2-10-15-16-11(17-10)7-4-8(12)6-9(13)5-7/h4-6,14H,2-3H2,1H3. The first-order chi connectivity index (χ1) is 8.19. The van der Waals surface area contributed by atoms with Gasteiger partial charge in [-0.3, -0.25) is 0 Å². The van der Waals surface area contributed by atoms with Gasteiger partial charge in [0.25, 0.3) is 0 Å². The first-order valence-electron chi connectivity index (χ1n) is 5.12. The number of nitrogens with one attached hydrogen (secondary N) is 1. The van der Waals surface area contributed by atoms with E-state index in [0.29, 0.717) is 23.2 Å². The quantitative estimate of drug-likeness (QED) is 0.942. The third kappa shape index (κ3) is 3.28. The summed E-state index contributed by atoms with van der Waals surface area (Å²) in [5.74, 6) is 1.10. The van der Waals surface area contributed by atoms with Gasteiger partial charge in [-0.05, 0) is 25.2 Å². The van der Waals surface area contributed by atoms with Crippen LogP contribution in [0.4, 0.5) is 0 Å². The van der Waals surface area contributed by atoms with Gasteiger partial charge in [0.05, 0.1) is 0 Å². The van der Waals surface area contributed by atoms with Crippen molar-refractivity contribution >= 4 is 27.5 Å². The molecule has 17 heavy (non-hydrogen) atoms. The van der Waals surface area contributed by atoms with Crippen molar-refractivity contribution < 1.29 is 4.42 Å². The molecule has 4 nitrogen and oxygen atoms in total. The molecule has 1 aromatic heterocycles. The Kier molecular flexibility index (Phi) is 4.15. The van der Waals surface area contributed by atoms with Gasteiger partial charge in [0.15, 0.2) is 0 Å². The number of aromatic nitrogens is 2. The van der Waals surface area contributed by atoms with Crippen LogP contribution in [0.25, 0.3) is 11.5 Å². The van der Waals surface area contributed by atoms with Crippen LogP contribution in [0.15, 0.2) is 27.1 Å². The number of likely N-dealkylation sites (N-methyl/N-ethyl adjacent to an activating group) is 1. The fourth-order valence-corrected chi connectivity index (χ4v) is 2.24. The average molecular weight is 317 g/mol. The maximum Gasteiger partial charge on any atom is 0.247 e. The van der Waals surface area contributed by atoms with Crippen LogP contribution in [-0.2, 0) is 6.42 Å². The van der Waals surface area contributed by atoms with Crippen LogP contribution in [0.5, 0.6) is 0 Å². The second-order valence-corrected chi connectivity index (χ2v) is 4.86. The van der Waals surface area contributed by atoms with Gasteiger partial charge in [-0.2, -0.15) is 0 Å². The predicted molar refractivity (Wildman–Crippen MR) is 70.1 cm³/mol. The van der Waals surface area contributed by atoms with E-state index in [1.165, 1.54) is 0 Å². The minimum absolute atomic E-state index is 0.485. The molecule has 0 amide bonds. The van der Waals surface area contributed by atoms with Crippen molar-refractivity contribution in [2.24, 2.45) is 0 Å². The summed E-state index contributed by atoms with van der Waals surface area (Å²) in [5.41, 5.74) is 0.813. The lowest BCUT2D eigenvalue weighted by Gasteiger charge is -1.98. The van der Waals surface area contributed by atoms with E-state index in [0.717, 1.165) is 16.6 Å². The number of hydrogen-bond acceptors (Lipinski definition) is 4. The summed E-state index contributed by atoms with van der Waals surface area (Å²) in [6, 6.07) is 5.49. The molecule has 0 atom stereocenters. The van der Waals surface area contributed by atoms with Gasteiger partial charge in [0.2, 0.25) is 11.8 Å². The molecule has 6 heteroatoms. The molecular weight excluding hydrogens is 305 g/mol. The number of benzene rings is 1. The van der Waals surface area contributed by atoms with E-state index in [1.54, 1.807) is 6.07 Å². The van der Waals surface area contributed by atoms with E-state index in [2.05, 4.69) is 31.4 Å². The van der Waals surface area contributed by atoms with Crippen molar-refractivity contribution in [2.45, 2.75) is 6.42 Å². The van der Waals surface area contributed by atoms with Crippen molar-refractivity contribution in [2.75, 3.05) is 13.6 Å². The Balaban J connectivity index is 2.24. The van der Waals surface area contributed by atoms with Crippen LogP contribution < -0.4 is 5.32 Å². The Bertz CT molecular complexity index is 495. The van der Waals surface area contributed by atoms with Crippen LogP contribution in [0.1, 0.15) is 5.89 Å². The number of nitrogens with zero attached hydrogens (tertiary/aromatic N) is 2. The number of hydrogen-bond donors (Lipinski definition) is 1. The Morgan fingerprint density at radius 3 is 2.88 bits per heavy atom. The van der Waals surface area contributed by atoms with E-state index in [9.17, 15) is 0 Å². The molecule has 1 aromatic carbocycles. The molecule has 2 aromatic rings. The van der Waals surface area contributed by atoms with Crippen LogP contribution in [0.3, 0.4) is 0 Å². The molecule has 0 aliphatic carbocycles. The normalized spacial score (nSPS) is 10.8. The van der Waals surface area contributed by atoms with E-state index >= 15 is 0 Å². The third-order valence-corrected chi connectivity index (χ3v) is 2.84. The first kappa shape index (κ1) is 12.5. The highest BCUT2D eigenvalue weighted by molar-refractivity contribution is 9.10. The van der Waals surface area contributed by atoms with Gasteiger partial charge in [-0.1, -0.05) is 27.5 Å². The SMILES string of the molecule is CNCCc1nnc(-c2cc(Cl)cc(Br)c2)o1.